The molecular weight excluding hydrogens is 162 g/mol. The summed E-state index contributed by atoms with van der Waals surface area (Å²) in [4.78, 5) is 11.0. The first kappa shape index (κ1) is 9.52. The Hall–Kier alpha value is -1.57. The molecule has 2 heteroatoms. The Kier molecular flexibility index (Phi) is 2.85. The fraction of sp³-hybridized carbons (Fsp3) is 0.182. The van der Waals surface area contributed by atoms with Gasteiger partial charge in [0.2, 0.25) is 0 Å². The molecule has 0 heterocycles. The molecule has 0 saturated heterocycles. The maximum atomic E-state index is 11.0. The molecule has 0 aromatic heterocycles. The summed E-state index contributed by atoms with van der Waals surface area (Å²) in [6.07, 6.45) is 0. The second-order valence-corrected chi connectivity index (χ2v) is 3.04. The third-order valence-corrected chi connectivity index (χ3v) is 1.63. The van der Waals surface area contributed by atoms with Gasteiger partial charge >= 0.3 is 0 Å². The number of anilines is 1. The Morgan fingerprint density at radius 2 is 2.08 bits per heavy atom. The van der Waals surface area contributed by atoms with Gasteiger partial charge in [0.1, 0.15) is 0 Å². The van der Waals surface area contributed by atoms with Gasteiger partial charge in [-0.15, -0.1) is 0 Å². The van der Waals surface area contributed by atoms with E-state index in [2.05, 4.69) is 11.9 Å². The van der Waals surface area contributed by atoms with E-state index in [9.17, 15) is 4.79 Å². The van der Waals surface area contributed by atoms with Crippen LogP contribution in [0.3, 0.4) is 0 Å². The van der Waals surface area contributed by atoms with Crippen molar-refractivity contribution in [3.05, 3.63) is 42.1 Å². The third kappa shape index (κ3) is 2.75. The zero-order valence-electron chi connectivity index (χ0n) is 7.92. The highest BCUT2D eigenvalue weighted by molar-refractivity contribution is 5.94. The van der Waals surface area contributed by atoms with Gasteiger partial charge < -0.3 is 5.32 Å². The molecule has 0 spiro atoms. The van der Waals surface area contributed by atoms with Crippen molar-refractivity contribution in [2.45, 2.75) is 13.8 Å². The number of nitrogens with one attached hydrogen (secondary N) is 1. The van der Waals surface area contributed by atoms with Crippen molar-refractivity contribution in [2.75, 3.05) is 5.32 Å². The van der Waals surface area contributed by atoms with Crippen LogP contribution in [0.5, 0.6) is 0 Å². The lowest BCUT2D eigenvalue weighted by Gasteiger charge is -2.05. The average Bonchev–Trinajstić information content (AvgIpc) is 2.03. The van der Waals surface area contributed by atoms with Gasteiger partial charge in [0, 0.05) is 16.9 Å². The quantitative estimate of drug-likeness (QED) is 0.716. The maximum absolute atomic E-state index is 11.0. The van der Waals surface area contributed by atoms with Crippen molar-refractivity contribution >= 4 is 11.5 Å². The third-order valence-electron chi connectivity index (χ3n) is 1.63. The van der Waals surface area contributed by atoms with E-state index in [1.54, 1.807) is 13.0 Å². The van der Waals surface area contributed by atoms with Crippen molar-refractivity contribution in [2.24, 2.45) is 0 Å². The molecule has 2 nitrogen and oxygen atoms in total. The zero-order valence-corrected chi connectivity index (χ0v) is 7.92. The summed E-state index contributed by atoms with van der Waals surface area (Å²) in [5.74, 6) is 0.0744. The van der Waals surface area contributed by atoms with Crippen LogP contribution in [0.1, 0.15) is 24.2 Å². The molecule has 0 aliphatic carbocycles. The largest absolute Gasteiger partial charge is 0.360 e. The van der Waals surface area contributed by atoms with Crippen molar-refractivity contribution in [3.8, 4) is 0 Å². The van der Waals surface area contributed by atoms with Crippen LogP contribution in [0.25, 0.3) is 0 Å². The number of hydrogen-bond donors (Lipinski definition) is 1. The van der Waals surface area contributed by atoms with E-state index in [-0.39, 0.29) is 5.78 Å². The van der Waals surface area contributed by atoms with E-state index < -0.39 is 0 Å². The van der Waals surface area contributed by atoms with Gasteiger partial charge in [-0.2, -0.15) is 0 Å². The standard InChI is InChI=1S/C11H13NO/c1-8(2)12-11-6-4-5-10(7-11)9(3)13/h4-7,12H,1H2,2-3H3. The topological polar surface area (TPSA) is 29.1 Å². The fourth-order valence-corrected chi connectivity index (χ4v) is 1.06. The number of benzene rings is 1. The van der Waals surface area contributed by atoms with E-state index in [0.29, 0.717) is 5.56 Å². The van der Waals surface area contributed by atoms with Crippen LogP contribution in [-0.2, 0) is 0 Å². The van der Waals surface area contributed by atoms with Gasteiger partial charge in [-0.05, 0) is 26.0 Å². The van der Waals surface area contributed by atoms with E-state index in [1.807, 2.05) is 25.1 Å². The summed E-state index contributed by atoms with van der Waals surface area (Å²) in [5.41, 5.74) is 2.48. The number of carbonyl (C=O) groups is 1. The molecule has 0 amide bonds. The number of ketones is 1. The van der Waals surface area contributed by atoms with E-state index in [0.717, 1.165) is 11.4 Å². The summed E-state index contributed by atoms with van der Waals surface area (Å²) < 4.78 is 0. The number of allylic oxidation sites excluding steroid dienone is 1. The van der Waals surface area contributed by atoms with Crippen LogP contribution in [0.4, 0.5) is 5.69 Å². The molecule has 68 valence electrons. The molecule has 0 saturated carbocycles. The Labute approximate surface area is 78.3 Å². The first-order valence-corrected chi connectivity index (χ1v) is 4.13. The summed E-state index contributed by atoms with van der Waals surface area (Å²) >= 11 is 0. The Morgan fingerprint density at radius 3 is 2.62 bits per heavy atom. The predicted octanol–water partition coefficient (Wildman–Crippen LogP) is 2.83. The smallest absolute Gasteiger partial charge is 0.159 e. The van der Waals surface area contributed by atoms with Gasteiger partial charge in [-0.3, -0.25) is 4.79 Å². The minimum Gasteiger partial charge on any atom is -0.360 e. The van der Waals surface area contributed by atoms with Gasteiger partial charge in [0.05, 0.1) is 0 Å². The van der Waals surface area contributed by atoms with Gasteiger partial charge in [0.25, 0.3) is 0 Å². The monoisotopic (exact) mass is 175 g/mol. The molecule has 0 aliphatic heterocycles. The van der Waals surface area contributed by atoms with Crippen LogP contribution in [0.15, 0.2) is 36.5 Å². The molecule has 0 atom stereocenters. The highest BCUT2D eigenvalue weighted by Gasteiger charge is 1.99. The molecule has 0 bridgehead atoms. The molecule has 0 radical (unpaired) electrons. The molecular formula is C11H13NO. The van der Waals surface area contributed by atoms with Crippen LogP contribution in [0, 0.1) is 0 Å². The molecule has 1 aromatic rings. The number of carbonyl (C=O) groups excluding carboxylic acids is 1. The number of rotatable bonds is 3. The minimum absolute atomic E-state index is 0.0744. The van der Waals surface area contributed by atoms with Crippen LogP contribution in [-0.4, -0.2) is 5.78 Å². The summed E-state index contributed by atoms with van der Waals surface area (Å²) in [7, 11) is 0. The average molecular weight is 175 g/mol. The SMILES string of the molecule is C=C(C)Nc1cccc(C(C)=O)c1. The Morgan fingerprint density at radius 1 is 1.38 bits per heavy atom. The Balaban J connectivity index is 2.91. The van der Waals surface area contributed by atoms with Crippen LogP contribution in [0.2, 0.25) is 0 Å². The lowest BCUT2D eigenvalue weighted by molar-refractivity contribution is 0.101. The highest BCUT2D eigenvalue weighted by Crippen LogP contribution is 2.12. The molecule has 0 unspecified atom stereocenters. The summed E-state index contributed by atoms with van der Waals surface area (Å²) in [6, 6.07) is 7.37. The first-order chi connectivity index (χ1) is 6.09. The molecule has 0 fully saturated rings. The second-order valence-electron chi connectivity index (χ2n) is 3.04. The van der Waals surface area contributed by atoms with Gasteiger partial charge in [0.15, 0.2) is 5.78 Å². The molecule has 0 aliphatic rings. The highest BCUT2D eigenvalue weighted by atomic mass is 16.1. The van der Waals surface area contributed by atoms with Crippen molar-refractivity contribution in [1.29, 1.82) is 0 Å². The predicted molar refractivity (Wildman–Crippen MR) is 54.9 cm³/mol. The van der Waals surface area contributed by atoms with Crippen molar-refractivity contribution < 1.29 is 4.79 Å². The van der Waals surface area contributed by atoms with E-state index in [1.165, 1.54) is 0 Å². The molecule has 1 aromatic carbocycles. The second kappa shape index (κ2) is 3.90. The Bertz CT molecular complexity index is 342. The van der Waals surface area contributed by atoms with Crippen LogP contribution >= 0.6 is 0 Å². The lowest BCUT2D eigenvalue weighted by atomic mass is 10.1. The number of Topliss-reactive ketones (excluding diaryl/α,β-unsaturated/α-hetero) is 1. The van der Waals surface area contributed by atoms with E-state index >= 15 is 0 Å². The first-order valence-electron chi connectivity index (χ1n) is 4.13. The number of hydrogen-bond acceptors (Lipinski definition) is 2. The molecule has 13 heavy (non-hydrogen) atoms. The van der Waals surface area contributed by atoms with E-state index in [4.69, 9.17) is 0 Å². The fourth-order valence-electron chi connectivity index (χ4n) is 1.06. The summed E-state index contributed by atoms with van der Waals surface area (Å²) in [5, 5.41) is 3.05. The molecule has 1 rings (SSSR count). The zero-order chi connectivity index (χ0) is 9.84. The van der Waals surface area contributed by atoms with Gasteiger partial charge in [-0.25, -0.2) is 0 Å². The molecule has 1 N–H and O–H groups in total. The lowest BCUT2D eigenvalue weighted by Crippen LogP contribution is -1.96. The van der Waals surface area contributed by atoms with Crippen LogP contribution < -0.4 is 5.32 Å². The van der Waals surface area contributed by atoms with Crippen molar-refractivity contribution in [1.82, 2.24) is 0 Å². The minimum atomic E-state index is 0.0744. The maximum Gasteiger partial charge on any atom is 0.159 e. The van der Waals surface area contributed by atoms with Gasteiger partial charge in [-0.1, -0.05) is 18.7 Å². The summed E-state index contributed by atoms with van der Waals surface area (Å²) in [6.45, 7) is 7.16. The normalized spacial score (nSPS) is 9.38. The van der Waals surface area contributed by atoms with Crippen molar-refractivity contribution in [3.63, 3.8) is 0 Å².